The maximum absolute atomic E-state index is 13.3. The van der Waals surface area contributed by atoms with Crippen molar-refractivity contribution in [2.24, 2.45) is 0 Å². The summed E-state index contributed by atoms with van der Waals surface area (Å²) in [6, 6.07) is 12.1. The summed E-state index contributed by atoms with van der Waals surface area (Å²) in [6.45, 7) is 0.883. The van der Waals surface area contributed by atoms with Gasteiger partial charge in [0.2, 0.25) is 5.91 Å². The molecule has 0 radical (unpaired) electrons. The molecule has 0 aliphatic carbocycles. The number of hydrogen-bond donors (Lipinski definition) is 1. The summed E-state index contributed by atoms with van der Waals surface area (Å²) in [4.78, 5) is 11.7. The highest BCUT2D eigenvalue weighted by atomic mass is 19.1. The van der Waals surface area contributed by atoms with Crippen LogP contribution in [0.5, 0.6) is 0 Å². The summed E-state index contributed by atoms with van der Waals surface area (Å²) in [7, 11) is 0. The molecule has 3 nitrogen and oxygen atoms in total. The van der Waals surface area contributed by atoms with E-state index in [4.69, 9.17) is 0 Å². The maximum atomic E-state index is 13.3. The Morgan fingerprint density at radius 2 is 1.80 bits per heavy atom. The van der Waals surface area contributed by atoms with Gasteiger partial charge < -0.3 is 5.32 Å². The second-order valence-electron chi connectivity index (χ2n) is 4.60. The first kappa shape index (κ1) is 14.2. The SMILES string of the molecule is O=C(CCCC[n+]1ccccc1)Nc1ccccc1F. The monoisotopic (exact) mass is 273 g/mol. The van der Waals surface area contributed by atoms with Gasteiger partial charge in [0.15, 0.2) is 12.4 Å². The zero-order chi connectivity index (χ0) is 14.2. The Bertz CT molecular complexity index is 557. The molecule has 0 aliphatic rings. The van der Waals surface area contributed by atoms with Gasteiger partial charge in [-0.05, 0) is 18.6 Å². The van der Waals surface area contributed by atoms with E-state index in [-0.39, 0.29) is 11.6 Å². The third-order valence-corrected chi connectivity index (χ3v) is 3.00. The molecular weight excluding hydrogens is 255 g/mol. The Balaban J connectivity index is 1.69. The number of benzene rings is 1. The Morgan fingerprint density at radius 1 is 1.05 bits per heavy atom. The number of anilines is 1. The zero-order valence-corrected chi connectivity index (χ0v) is 11.3. The van der Waals surface area contributed by atoms with Gasteiger partial charge in [-0.25, -0.2) is 8.96 Å². The van der Waals surface area contributed by atoms with Crippen LogP contribution in [-0.4, -0.2) is 5.91 Å². The number of para-hydroxylation sites is 1. The number of hydrogen-bond acceptors (Lipinski definition) is 1. The van der Waals surface area contributed by atoms with Gasteiger partial charge in [0.25, 0.3) is 0 Å². The third kappa shape index (κ3) is 4.46. The highest BCUT2D eigenvalue weighted by molar-refractivity contribution is 5.90. The minimum Gasteiger partial charge on any atom is -0.324 e. The number of unbranched alkanes of at least 4 members (excludes halogenated alkanes) is 1. The normalized spacial score (nSPS) is 10.2. The molecule has 104 valence electrons. The van der Waals surface area contributed by atoms with Gasteiger partial charge in [-0.1, -0.05) is 18.2 Å². The van der Waals surface area contributed by atoms with Crippen LogP contribution < -0.4 is 9.88 Å². The molecule has 0 spiro atoms. The number of pyridine rings is 1. The second-order valence-corrected chi connectivity index (χ2v) is 4.60. The molecule has 2 rings (SSSR count). The number of amides is 1. The largest absolute Gasteiger partial charge is 0.324 e. The summed E-state index contributed by atoms with van der Waals surface area (Å²) in [5, 5.41) is 2.59. The minimum atomic E-state index is -0.402. The van der Waals surface area contributed by atoms with Crippen molar-refractivity contribution >= 4 is 11.6 Å². The van der Waals surface area contributed by atoms with E-state index in [0.717, 1.165) is 19.4 Å². The summed E-state index contributed by atoms with van der Waals surface area (Å²) in [5.41, 5.74) is 0.245. The number of carbonyl (C=O) groups is 1. The Labute approximate surface area is 118 Å². The summed E-state index contributed by atoms with van der Waals surface area (Å²) >= 11 is 0. The van der Waals surface area contributed by atoms with E-state index < -0.39 is 5.82 Å². The summed E-state index contributed by atoms with van der Waals surface area (Å²) in [5.74, 6) is -0.547. The van der Waals surface area contributed by atoms with Crippen molar-refractivity contribution in [1.82, 2.24) is 0 Å². The number of halogens is 1. The topological polar surface area (TPSA) is 33.0 Å². The highest BCUT2D eigenvalue weighted by Gasteiger charge is 2.06. The predicted molar refractivity (Wildman–Crippen MR) is 75.5 cm³/mol. The molecule has 0 unspecified atom stereocenters. The average molecular weight is 273 g/mol. The van der Waals surface area contributed by atoms with Crippen LogP contribution in [0.3, 0.4) is 0 Å². The van der Waals surface area contributed by atoms with Crippen LogP contribution >= 0.6 is 0 Å². The molecule has 1 aromatic carbocycles. The lowest BCUT2D eigenvalue weighted by atomic mass is 10.2. The van der Waals surface area contributed by atoms with Gasteiger partial charge in [-0.2, -0.15) is 0 Å². The Morgan fingerprint density at radius 3 is 2.55 bits per heavy atom. The molecule has 20 heavy (non-hydrogen) atoms. The van der Waals surface area contributed by atoms with Gasteiger partial charge in [0.05, 0.1) is 5.69 Å². The molecular formula is C16H18FN2O+. The Kier molecular flexibility index (Phi) is 5.24. The van der Waals surface area contributed by atoms with Crippen molar-refractivity contribution in [3.63, 3.8) is 0 Å². The van der Waals surface area contributed by atoms with Crippen LogP contribution in [-0.2, 0) is 11.3 Å². The lowest BCUT2D eigenvalue weighted by Crippen LogP contribution is -2.32. The summed E-state index contributed by atoms with van der Waals surface area (Å²) < 4.78 is 15.4. The first-order valence-corrected chi connectivity index (χ1v) is 6.74. The quantitative estimate of drug-likeness (QED) is 0.637. The first-order valence-electron chi connectivity index (χ1n) is 6.74. The number of nitrogens with zero attached hydrogens (tertiary/aromatic N) is 1. The average Bonchev–Trinajstić information content (AvgIpc) is 2.47. The molecule has 0 atom stereocenters. The van der Waals surface area contributed by atoms with E-state index in [2.05, 4.69) is 9.88 Å². The fraction of sp³-hybridized carbons (Fsp3) is 0.250. The zero-order valence-electron chi connectivity index (χ0n) is 11.3. The fourth-order valence-corrected chi connectivity index (χ4v) is 1.94. The van der Waals surface area contributed by atoms with Crippen LogP contribution in [0.15, 0.2) is 54.9 Å². The van der Waals surface area contributed by atoms with Crippen LogP contribution in [0.1, 0.15) is 19.3 Å². The number of carbonyl (C=O) groups excluding carboxylic acids is 1. The van der Waals surface area contributed by atoms with Gasteiger partial charge in [0, 0.05) is 25.0 Å². The number of aryl methyl sites for hydroxylation is 1. The van der Waals surface area contributed by atoms with Gasteiger partial charge in [-0.3, -0.25) is 4.79 Å². The van der Waals surface area contributed by atoms with E-state index in [1.807, 2.05) is 30.6 Å². The Hall–Kier alpha value is -2.23. The van der Waals surface area contributed by atoms with Gasteiger partial charge >= 0.3 is 0 Å². The first-order chi connectivity index (χ1) is 9.75. The lowest BCUT2D eigenvalue weighted by Gasteiger charge is -2.05. The van der Waals surface area contributed by atoms with Crippen molar-refractivity contribution in [2.45, 2.75) is 25.8 Å². The number of rotatable bonds is 6. The molecule has 0 bridgehead atoms. The lowest BCUT2D eigenvalue weighted by molar-refractivity contribution is -0.697. The molecule has 1 amide bonds. The highest BCUT2D eigenvalue weighted by Crippen LogP contribution is 2.12. The van der Waals surface area contributed by atoms with E-state index in [9.17, 15) is 9.18 Å². The number of nitrogens with one attached hydrogen (secondary N) is 1. The van der Waals surface area contributed by atoms with Crippen LogP contribution in [0.2, 0.25) is 0 Å². The van der Waals surface area contributed by atoms with Gasteiger partial charge in [-0.15, -0.1) is 0 Å². The molecule has 1 aromatic heterocycles. The van der Waals surface area contributed by atoms with E-state index in [0.29, 0.717) is 6.42 Å². The molecule has 0 aliphatic heterocycles. The maximum Gasteiger partial charge on any atom is 0.224 e. The van der Waals surface area contributed by atoms with Crippen molar-refractivity contribution in [1.29, 1.82) is 0 Å². The van der Waals surface area contributed by atoms with Crippen molar-refractivity contribution in [3.05, 3.63) is 60.7 Å². The van der Waals surface area contributed by atoms with Crippen molar-refractivity contribution in [2.75, 3.05) is 5.32 Å². The fourth-order valence-electron chi connectivity index (χ4n) is 1.94. The standard InChI is InChI=1S/C16H17FN2O/c17-14-8-2-3-9-15(14)18-16(20)10-4-7-13-19-11-5-1-6-12-19/h1-3,5-6,8-9,11-12H,4,7,10,13H2/p+1. The van der Waals surface area contributed by atoms with E-state index >= 15 is 0 Å². The molecule has 2 aromatic rings. The third-order valence-electron chi connectivity index (χ3n) is 3.00. The smallest absolute Gasteiger partial charge is 0.224 e. The molecule has 1 N–H and O–H groups in total. The van der Waals surface area contributed by atoms with Crippen LogP contribution in [0.4, 0.5) is 10.1 Å². The molecule has 4 heteroatoms. The summed E-state index contributed by atoms with van der Waals surface area (Å²) in [6.07, 6.45) is 6.10. The molecule has 1 heterocycles. The van der Waals surface area contributed by atoms with Crippen molar-refractivity contribution in [3.8, 4) is 0 Å². The second kappa shape index (κ2) is 7.38. The van der Waals surface area contributed by atoms with Crippen LogP contribution in [0.25, 0.3) is 0 Å². The van der Waals surface area contributed by atoms with Crippen LogP contribution in [0, 0.1) is 5.82 Å². The predicted octanol–water partition coefficient (Wildman–Crippen LogP) is 2.92. The molecule has 0 saturated carbocycles. The van der Waals surface area contributed by atoms with Crippen molar-refractivity contribution < 1.29 is 13.8 Å². The van der Waals surface area contributed by atoms with E-state index in [1.54, 1.807) is 18.2 Å². The minimum absolute atomic E-state index is 0.145. The number of aromatic nitrogens is 1. The van der Waals surface area contributed by atoms with E-state index in [1.165, 1.54) is 6.07 Å². The van der Waals surface area contributed by atoms with Gasteiger partial charge in [0.1, 0.15) is 12.4 Å². The molecule has 0 fully saturated rings. The molecule has 0 saturated heterocycles.